The van der Waals surface area contributed by atoms with Crippen LogP contribution in [0.4, 0.5) is 0 Å². The van der Waals surface area contributed by atoms with Crippen molar-refractivity contribution in [2.45, 2.75) is 30.8 Å². The van der Waals surface area contributed by atoms with Crippen LogP contribution >= 0.6 is 0 Å². The number of methoxy groups -OCH3 is 1. The molecular formula is C32H35NO11. The van der Waals surface area contributed by atoms with Gasteiger partial charge in [0.2, 0.25) is 5.78 Å². The highest BCUT2D eigenvalue weighted by Gasteiger charge is 2.40. The number of aliphatic hydroxyl groups excluding tert-OH is 2. The molecule has 0 aromatic heterocycles. The zero-order chi connectivity index (χ0) is 30.8. The van der Waals surface area contributed by atoms with Crippen molar-refractivity contribution in [3.8, 4) is 40.2 Å². The Labute approximate surface area is 253 Å². The minimum atomic E-state index is -1.60. The van der Waals surface area contributed by atoms with Crippen molar-refractivity contribution in [1.82, 2.24) is 4.90 Å². The lowest BCUT2D eigenvalue weighted by molar-refractivity contribution is -0.0130. The van der Waals surface area contributed by atoms with Gasteiger partial charge in [0.05, 0.1) is 33.5 Å². The molecule has 0 amide bonds. The Bertz CT molecular complexity index is 1510. The van der Waals surface area contributed by atoms with Crippen LogP contribution in [0.1, 0.15) is 40.1 Å². The number of aliphatic hydroxyl groups is 2. The second kappa shape index (κ2) is 12.8. The van der Waals surface area contributed by atoms with Crippen LogP contribution in [-0.2, 0) is 4.74 Å². The van der Waals surface area contributed by atoms with Crippen LogP contribution in [0.5, 0.6) is 40.2 Å². The highest BCUT2D eigenvalue weighted by atomic mass is 16.6. The number of morpholine rings is 1. The summed E-state index contributed by atoms with van der Waals surface area (Å²) in [5.74, 6) is 0.276. The van der Waals surface area contributed by atoms with Crippen LogP contribution in [0.3, 0.4) is 0 Å². The predicted octanol–water partition coefficient (Wildman–Crippen LogP) is 2.76. The van der Waals surface area contributed by atoms with Gasteiger partial charge in [0.1, 0.15) is 22.8 Å². The summed E-state index contributed by atoms with van der Waals surface area (Å²) in [7, 11) is 1.43. The van der Waals surface area contributed by atoms with E-state index in [4.69, 9.17) is 28.4 Å². The van der Waals surface area contributed by atoms with Gasteiger partial charge in [-0.15, -0.1) is 0 Å². The SMILES string of the molecule is COc1cc(C2Oc3cc(C4Oc5cc(OCCCN6CCOCC6)cc(O)c5C(=O)C4O)ccc3OC2CO)ccc1O. The molecule has 3 aliphatic rings. The van der Waals surface area contributed by atoms with Gasteiger partial charge < -0.3 is 48.8 Å². The molecule has 6 rings (SSSR count). The number of benzene rings is 3. The molecule has 3 heterocycles. The molecule has 3 aliphatic heterocycles. The highest BCUT2D eigenvalue weighted by Crippen LogP contribution is 2.46. The second-order valence-corrected chi connectivity index (χ2v) is 10.8. The first-order chi connectivity index (χ1) is 21.4. The van der Waals surface area contributed by atoms with Gasteiger partial charge in [-0.3, -0.25) is 9.69 Å². The molecule has 0 aliphatic carbocycles. The average molecular weight is 610 g/mol. The largest absolute Gasteiger partial charge is 0.507 e. The molecule has 0 saturated carbocycles. The maximum Gasteiger partial charge on any atom is 0.202 e. The molecule has 3 aromatic rings. The number of phenols is 2. The van der Waals surface area contributed by atoms with Crippen LogP contribution in [0.25, 0.3) is 0 Å². The first kappa shape index (κ1) is 29.8. The van der Waals surface area contributed by atoms with Gasteiger partial charge in [-0.2, -0.15) is 0 Å². The third-order valence-corrected chi connectivity index (χ3v) is 7.98. The van der Waals surface area contributed by atoms with E-state index in [0.29, 0.717) is 35.0 Å². The number of fused-ring (bicyclic) bond motifs is 2. The first-order valence-corrected chi connectivity index (χ1v) is 14.5. The molecule has 12 heteroatoms. The minimum absolute atomic E-state index is 0.0443. The molecule has 0 radical (unpaired) electrons. The number of Topliss-reactive ketones (excluding diaryl/α,β-unsaturated/α-hetero) is 1. The van der Waals surface area contributed by atoms with E-state index in [1.807, 2.05) is 0 Å². The minimum Gasteiger partial charge on any atom is -0.507 e. The summed E-state index contributed by atoms with van der Waals surface area (Å²) >= 11 is 0. The normalized spacial score (nSPS) is 23.0. The van der Waals surface area contributed by atoms with Gasteiger partial charge in [0.15, 0.2) is 47.4 Å². The lowest BCUT2D eigenvalue weighted by Crippen LogP contribution is -2.37. The first-order valence-electron chi connectivity index (χ1n) is 14.5. The van der Waals surface area contributed by atoms with E-state index >= 15 is 0 Å². The summed E-state index contributed by atoms with van der Waals surface area (Å²) in [5.41, 5.74) is 0.916. The lowest BCUT2D eigenvalue weighted by atomic mass is 9.92. The number of phenolic OH excluding ortho intramolecular Hbond substituents is 2. The highest BCUT2D eigenvalue weighted by molar-refractivity contribution is 6.05. The topological polar surface area (TPSA) is 157 Å². The smallest absolute Gasteiger partial charge is 0.202 e. The van der Waals surface area contributed by atoms with E-state index in [1.54, 1.807) is 36.4 Å². The monoisotopic (exact) mass is 609 g/mol. The van der Waals surface area contributed by atoms with E-state index in [-0.39, 0.29) is 35.2 Å². The number of aromatic hydroxyl groups is 2. The number of carbonyl (C=O) groups excluding carboxylic acids is 1. The molecule has 234 valence electrons. The zero-order valence-corrected chi connectivity index (χ0v) is 24.2. The van der Waals surface area contributed by atoms with Crippen molar-refractivity contribution in [3.05, 3.63) is 65.2 Å². The Balaban J connectivity index is 1.20. The molecule has 0 spiro atoms. The van der Waals surface area contributed by atoms with E-state index < -0.39 is 30.2 Å². The number of nitrogens with zero attached hydrogens (tertiary/aromatic N) is 1. The van der Waals surface area contributed by atoms with Crippen LogP contribution in [0.2, 0.25) is 0 Å². The van der Waals surface area contributed by atoms with Gasteiger partial charge in [-0.05, 0) is 36.2 Å². The van der Waals surface area contributed by atoms with Crippen LogP contribution in [-0.4, -0.2) is 96.5 Å². The quantitative estimate of drug-likeness (QED) is 0.264. The zero-order valence-electron chi connectivity index (χ0n) is 24.2. The molecule has 1 fully saturated rings. The van der Waals surface area contributed by atoms with Crippen molar-refractivity contribution < 1.29 is 53.6 Å². The standard InChI is InChI=1S/C32H35NO11/c1-39-24-13-18(3-5-21(24)35)31-27(17-34)42-23-6-4-19(14-25(23)43-31)32-30(38)29(37)28-22(36)15-20(16-26(28)44-32)41-10-2-7-33-8-11-40-12-9-33/h3-6,13-16,27,30-32,34-36,38H,2,7-12,17H2,1H3. The number of ether oxygens (including phenoxy) is 6. The van der Waals surface area contributed by atoms with Gasteiger partial charge >= 0.3 is 0 Å². The molecule has 1 saturated heterocycles. The fraction of sp³-hybridized carbons (Fsp3) is 0.406. The molecule has 0 bridgehead atoms. The Kier molecular flexibility index (Phi) is 8.67. The Morgan fingerprint density at radius 3 is 2.41 bits per heavy atom. The summed E-state index contributed by atoms with van der Waals surface area (Å²) < 4.78 is 34.8. The van der Waals surface area contributed by atoms with Gasteiger partial charge in [0, 0.05) is 37.3 Å². The number of hydrogen-bond acceptors (Lipinski definition) is 12. The summed E-state index contributed by atoms with van der Waals surface area (Å²) in [6.07, 6.45) is -3.44. The van der Waals surface area contributed by atoms with Crippen molar-refractivity contribution in [3.63, 3.8) is 0 Å². The predicted molar refractivity (Wildman–Crippen MR) is 155 cm³/mol. The van der Waals surface area contributed by atoms with E-state index in [2.05, 4.69) is 4.90 Å². The Morgan fingerprint density at radius 2 is 1.64 bits per heavy atom. The number of rotatable bonds is 9. The molecule has 4 N–H and O–H groups in total. The third-order valence-electron chi connectivity index (χ3n) is 7.98. The number of ketones is 1. The van der Waals surface area contributed by atoms with Crippen molar-refractivity contribution in [2.75, 3.05) is 53.2 Å². The van der Waals surface area contributed by atoms with Crippen LogP contribution in [0, 0.1) is 0 Å². The van der Waals surface area contributed by atoms with E-state index in [1.165, 1.54) is 19.2 Å². The fourth-order valence-electron chi connectivity index (χ4n) is 5.66. The van der Waals surface area contributed by atoms with E-state index in [0.717, 1.165) is 39.3 Å². The third kappa shape index (κ3) is 5.93. The van der Waals surface area contributed by atoms with Crippen LogP contribution in [0.15, 0.2) is 48.5 Å². The van der Waals surface area contributed by atoms with Gasteiger partial charge in [-0.1, -0.05) is 12.1 Å². The maximum absolute atomic E-state index is 13.2. The molecular weight excluding hydrogens is 574 g/mol. The van der Waals surface area contributed by atoms with Crippen molar-refractivity contribution >= 4 is 5.78 Å². The van der Waals surface area contributed by atoms with Crippen LogP contribution < -0.4 is 23.7 Å². The van der Waals surface area contributed by atoms with E-state index in [9.17, 15) is 25.2 Å². The molecule has 4 atom stereocenters. The lowest BCUT2D eigenvalue weighted by Gasteiger charge is -2.35. The maximum atomic E-state index is 13.2. The molecule has 4 unspecified atom stereocenters. The fourth-order valence-corrected chi connectivity index (χ4v) is 5.66. The molecule has 12 nitrogen and oxygen atoms in total. The van der Waals surface area contributed by atoms with Crippen molar-refractivity contribution in [1.29, 1.82) is 0 Å². The average Bonchev–Trinajstić information content (AvgIpc) is 3.04. The van der Waals surface area contributed by atoms with Gasteiger partial charge in [0.25, 0.3) is 0 Å². The Morgan fingerprint density at radius 1 is 0.886 bits per heavy atom. The number of carbonyl (C=O) groups is 1. The summed E-state index contributed by atoms with van der Waals surface area (Å²) in [6.45, 7) is 4.12. The molecule has 44 heavy (non-hydrogen) atoms. The summed E-state index contributed by atoms with van der Waals surface area (Å²) in [5, 5.41) is 41.6. The number of hydrogen-bond donors (Lipinski definition) is 4. The summed E-state index contributed by atoms with van der Waals surface area (Å²) in [6, 6.07) is 12.4. The van der Waals surface area contributed by atoms with Crippen molar-refractivity contribution in [2.24, 2.45) is 0 Å². The summed E-state index contributed by atoms with van der Waals surface area (Å²) in [4.78, 5) is 15.5. The molecule has 3 aromatic carbocycles. The Hall–Kier alpha value is -4.23. The van der Waals surface area contributed by atoms with Gasteiger partial charge in [-0.25, -0.2) is 0 Å². The second-order valence-electron chi connectivity index (χ2n) is 10.8.